The summed E-state index contributed by atoms with van der Waals surface area (Å²) in [5.41, 5.74) is 0.948. The average molecular weight is 408 g/mol. The molecule has 0 atom stereocenters. The van der Waals surface area contributed by atoms with Crippen LogP contribution in [0.2, 0.25) is 0 Å². The van der Waals surface area contributed by atoms with Gasteiger partial charge in [-0.3, -0.25) is 0 Å². The van der Waals surface area contributed by atoms with Crippen LogP contribution in [0.3, 0.4) is 0 Å². The van der Waals surface area contributed by atoms with Gasteiger partial charge in [0.25, 0.3) is 0 Å². The Morgan fingerprint density at radius 3 is 2.54 bits per heavy atom. The number of amides is 2. The Morgan fingerprint density at radius 2 is 1.93 bits per heavy atom. The van der Waals surface area contributed by atoms with Crippen molar-refractivity contribution in [3.05, 3.63) is 48.0 Å². The second-order valence-electron chi connectivity index (χ2n) is 7.34. The molecule has 0 bridgehead atoms. The van der Waals surface area contributed by atoms with Crippen LogP contribution < -0.4 is 10.6 Å². The molecule has 2 aromatic rings. The Kier molecular flexibility index (Phi) is 6.07. The summed E-state index contributed by atoms with van der Waals surface area (Å²) in [4.78, 5) is 12.1. The summed E-state index contributed by atoms with van der Waals surface area (Å²) in [6.45, 7) is 0.0690. The maximum Gasteiger partial charge on any atom is 0.315 e. The number of furan rings is 1. The lowest BCUT2D eigenvalue weighted by molar-refractivity contribution is 0.237. The standard InChI is InChI=1S/C20H25FN2O4S/c1-28(25,26)20(9-3-2-4-10-20)14-23-19(24)22-13-16-8-7-15(12-17(16)21)18-6-5-11-27-18/h5-8,11-12H,2-4,9-10,13-14H2,1H3,(H2,22,23,24). The quantitative estimate of drug-likeness (QED) is 0.764. The molecular formula is C20H25FN2O4S. The number of rotatable bonds is 6. The molecule has 2 amide bonds. The molecule has 8 heteroatoms. The van der Waals surface area contributed by atoms with Gasteiger partial charge in [-0.05, 0) is 31.0 Å². The molecule has 152 valence electrons. The molecule has 1 aromatic carbocycles. The maximum absolute atomic E-state index is 14.3. The normalized spacial score (nSPS) is 16.5. The van der Waals surface area contributed by atoms with Crippen LogP contribution >= 0.6 is 0 Å². The van der Waals surface area contributed by atoms with Gasteiger partial charge in [0.15, 0.2) is 9.84 Å². The predicted molar refractivity (Wildman–Crippen MR) is 105 cm³/mol. The largest absolute Gasteiger partial charge is 0.464 e. The van der Waals surface area contributed by atoms with Crippen molar-refractivity contribution in [2.45, 2.75) is 43.4 Å². The number of benzene rings is 1. The zero-order chi connectivity index (χ0) is 20.2. The van der Waals surface area contributed by atoms with E-state index in [1.807, 2.05) is 0 Å². The fourth-order valence-electron chi connectivity index (χ4n) is 3.64. The first kappa shape index (κ1) is 20.4. The summed E-state index contributed by atoms with van der Waals surface area (Å²) in [5, 5.41) is 5.25. The molecule has 0 aliphatic heterocycles. The van der Waals surface area contributed by atoms with Crippen molar-refractivity contribution in [1.29, 1.82) is 0 Å². The smallest absolute Gasteiger partial charge is 0.315 e. The number of hydrogen-bond donors (Lipinski definition) is 2. The number of urea groups is 1. The van der Waals surface area contributed by atoms with Crippen LogP contribution in [0.1, 0.15) is 37.7 Å². The molecule has 1 aliphatic rings. The minimum absolute atomic E-state index is 0.00196. The Hall–Kier alpha value is -2.35. The first-order valence-corrected chi connectivity index (χ1v) is 11.2. The first-order chi connectivity index (χ1) is 13.3. The number of hydrogen-bond acceptors (Lipinski definition) is 4. The van der Waals surface area contributed by atoms with Gasteiger partial charge in [0.05, 0.1) is 11.0 Å². The summed E-state index contributed by atoms with van der Waals surface area (Å²) in [5.74, 6) is 0.115. The molecule has 2 N–H and O–H groups in total. The van der Waals surface area contributed by atoms with E-state index in [4.69, 9.17) is 4.42 Å². The molecule has 0 saturated heterocycles. The van der Waals surface area contributed by atoms with Gasteiger partial charge in [-0.2, -0.15) is 0 Å². The first-order valence-electron chi connectivity index (χ1n) is 9.34. The number of nitrogens with one attached hydrogen (secondary N) is 2. The van der Waals surface area contributed by atoms with E-state index in [2.05, 4.69) is 10.6 Å². The molecule has 1 saturated carbocycles. The molecule has 1 aromatic heterocycles. The zero-order valence-electron chi connectivity index (χ0n) is 15.8. The lowest BCUT2D eigenvalue weighted by atomic mass is 9.88. The fourth-order valence-corrected chi connectivity index (χ4v) is 5.01. The molecule has 0 spiro atoms. The van der Waals surface area contributed by atoms with Crippen LogP contribution in [0.25, 0.3) is 11.3 Å². The van der Waals surface area contributed by atoms with Gasteiger partial charge in [-0.25, -0.2) is 17.6 Å². The van der Waals surface area contributed by atoms with E-state index >= 15 is 0 Å². The highest BCUT2D eigenvalue weighted by molar-refractivity contribution is 7.92. The van der Waals surface area contributed by atoms with Crippen LogP contribution in [0.4, 0.5) is 9.18 Å². The summed E-state index contributed by atoms with van der Waals surface area (Å²) in [6, 6.07) is 7.62. The van der Waals surface area contributed by atoms with Gasteiger partial charge < -0.3 is 15.1 Å². The van der Waals surface area contributed by atoms with Crippen LogP contribution in [-0.4, -0.2) is 32.0 Å². The molecule has 6 nitrogen and oxygen atoms in total. The number of sulfone groups is 1. The van der Waals surface area contributed by atoms with Gasteiger partial charge in [0, 0.05) is 30.5 Å². The van der Waals surface area contributed by atoms with E-state index in [0.717, 1.165) is 19.3 Å². The summed E-state index contributed by atoms with van der Waals surface area (Å²) < 4.78 is 43.1. The molecule has 28 heavy (non-hydrogen) atoms. The van der Waals surface area contributed by atoms with E-state index in [0.29, 0.717) is 29.7 Å². The molecule has 3 rings (SSSR count). The van der Waals surface area contributed by atoms with Crippen molar-refractivity contribution >= 4 is 15.9 Å². The predicted octanol–water partition coefficient (Wildman–Crippen LogP) is 3.63. The highest BCUT2D eigenvalue weighted by Crippen LogP contribution is 2.34. The summed E-state index contributed by atoms with van der Waals surface area (Å²) in [6.07, 6.45) is 6.53. The highest BCUT2D eigenvalue weighted by atomic mass is 32.2. The number of halogens is 1. The fraction of sp³-hybridized carbons (Fsp3) is 0.450. The van der Waals surface area contributed by atoms with Crippen LogP contribution in [0.15, 0.2) is 41.0 Å². The topological polar surface area (TPSA) is 88.4 Å². The van der Waals surface area contributed by atoms with E-state index in [-0.39, 0.29) is 13.1 Å². The van der Waals surface area contributed by atoms with Gasteiger partial charge >= 0.3 is 6.03 Å². The average Bonchev–Trinajstić information content (AvgIpc) is 3.20. The molecule has 1 heterocycles. The second-order valence-corrected chi connectivity index (χ2v) is 9.75. The van der Waals surface area contributed by atoms with Crippen molar-refractivity contribution in [3.63, 3.8) is 0 Å². The van der Waals surface area contributed by atoms with Crippen molar-refractivity contribution in [2.75, 3.05) is 12.8 Å². The molecule has 1 fully saturated rings. The Labute approximate surface area is 164 Å². The summed E-state index contributed by atoms with van der Waals surface area (Å²) in [7, 11) is -3.29. The van der Waals surface area contributed by atoms with Crippen molar-refractivity contribution < 1.29 is 22.0 Å². The van der Waals surface area contributed by atoms with Crippen molar-refractivity contribution in [3.8, 4) is 11.3 Å². The third-order valence-electron chi connectivity index (χ3n) is 5.42. The number of carbonyl (C=O) groups excluding carboxylic acids is 1. The zero-order valence-corrected chi connectivity index (χ0v) is 16.6. The lowest BCUT2D eigenvalue weighted by Gasteiger charge is -2.35. The van der Waals surface area contributed by atoms with Crippen LogP contribution in [0, 0.1) is 5.82 Å². The Balaban J connectivity index is 1.57. The Bertz CT molecular complexity index is 920. The SMILES string of the molecule is CS(=O)(=O)C1(CNC(=O)NCc2ccc(-c3ccco3)cc2F)CCCCC1. The second kappa shape index (κ2) is 8.34. The van der Waals surface area contributed by atoms with Crippen molar-refractivity contribution in [1.82, 2.24) is 10.6 Å². The van der Waals surface area contributed by atoms with E-state index in [1.165, 1.54) is 18.6 Å². The van der Waals surface area contributed by atoms with Gasteiger partial charge in [-0.15, -0.1) is 0 Å². The van der Waals surface area contributed by atoms with Gasteiger partial charge in [0.2, 0.25) is 0 Å². The van der Waals surface area contributed by atoms with Crippen LogP contribution in [-0.2, 0) is 16.4 Å². The minimum Gasteiger partial charge on any atom is -0.464 e. The lowest BCUT2D eigenvalue weighted by Crippen LogP contribution is -2.51. The number of carbonyl (C=O) groups is 1. The molecular weight excluding hydrogens is 383 g/mol. The Morgan fingerprint density at radius 1 is 1.18 bits per heavy atom. The van der Waals surface area contributed by atoms with E-state index < -0.39 is 26.4 Å². The molecule has 0 unspecified atom stereocenters. The monoisotopic (exact) mass is 408 g/mol. The molecule has 1 aliphatic carbocycles. The third kappa shape index (κ3) is 4.55. The summed E-state index contributed by atoms with van der Waals surface area (Å²) >= 11 is 0. The van der Waals surface area contributed by atoms with E-state index in [9.17, 15) is 17.6 Å². The maximum atomic E-state index is 14.3. The third-order valence-corrected chi connectivity index (χ3v) is 7.55. The van der Waals surface area contributed by atoms with Gasteiger partial charge in [0.1, 0.15) is 11.6 Å². The van der Waals surface area contributed by atoms with E-state index in [1.54, 1.807) is 24.3 Å². The van der Waals surface area contributed by atoms with Crippen LogP contribution in [0.5, 0.6) is 0 Å². The van der Waals surface area contributed by atoms with Gasteiger partial charge in [-0.1, -0.05) is 31.4 Å². The van der Waals surface area contributed by atoms with Crippen molar-refractivity contribution in [2.24, 2.45) is 0 Å². The molecule has 0 radical (unpaired) electrons. The highest BCUT2D eigenvalue weighted by Gasteiger charge is 2.41. The minimum atomic E-state index is -3.29.